The van der Waals surface area contributed by atoms with Crippen LogP contribution >= 0.6 is 0 Å². The molecular formula is C8H14N2O3. The largest absolute Gasteiger partial charge is 0.369 e. The van der Waals surface area contributed by atoms with Crippen molar-refractivity contribution >= 4 is 17.6 Å². The van der Waals surface area contributed by atoms with Crippen LogP contribution in [0.3, 0.4) is 0 Å². The molecule has 0 heterocycles. The van der Waals surface area contributed by atoms with Gasteiger partial charge in [0.1, 0.15) is 0 Å². The van der Waals surface area contributed by atoms with Gasteiger partial charge in [-0.15, -0.1) is 0 Å². The van der Waals surface area contributed by atoms with Crippen LogP contribution in [0.25, 0.3) is 0 Å². The molecule has 0 aliphatic carbocycles. The Hall–Kier alpha value is -1.39. The van der Waals surface area contributed by atoms with Crippen LogP contribution in [0.2, 0.25) is 0 Å². The number of hydrogen-bond acceptors (Lipinski definition) is 3. The van der Waals surface area contributed by atoms with Crippen molar-refractivity contribution in [3.63, 3.8) is 0 Å². The number of amides is 2. The predicted octanol–water partition coefficient (Wildman–Crippen LogP) is -0.797. The lowest BCUT2D eigenvalue weighted by molar-refractivity contribution is -0.135. The first kappa shape index (κ1) is 11.6. The Balaban J connectivity index is 4.31. The highest BCUT2D eigenvalue weighted by molar-refractivity contribution is 6.08. The molecule has 74 valence electrons. The molecule has 1 atom stereocenters. The van der Waals surface area contributed by atoms with E-state index in [1.165, 1.54) is 7.05 Å². The number of ketones is 1. The second kappa shape index (κ2) is 5.29. The molecule has 0 bridgehead atoms. The van der Waals surface area contributed by atoms with Gasteiger partial charge in [0.2, 0.25) is 11.8 Å². The van der Waals surface area contributed by atoms with Crippen molar-refractivity contribution in [1.29, 1.82) is 0 Å². The molecule has 5 nitrogen and oxygen atoms in total. The second-order valence-electron chi connectivity index (χ2n) is 2.68. The minimum Gasteiger partial charge on any atom is -0.369 e. The van der Waals surface area contributed by atoms with E-state index in [2.05, 4.69) is 5.32 Å². The number of carbonyl (C=O) groups is 3. The van der Waals surface area contributed by atoms with Crippen molar-refractivity contribution in [3.8, 4) is 0 Å². The van der Waals surface area contributed by atoms with E-state index in [4.69, 9.17) is 5.73 Å². The van der Waals surface area contributed by atoms with Gasteiger partial charge in [-0.3, -0.25) is 14.4 Å². The molecule has 0 rings (SSSR count). The van der Waals surface area contributed by atoms with Crippen molar-refractivity contribution in [2.45, 2.75) is 19.8 Å². The minimum atomic E-state index is -0.752. The van der Waals surface area contributed by atoms with E-state index in [1.807, 2.05) is 0 Å². The highest BCUT2D eigenvalue weighted by Gasteiger charge is 2.24. The third-order valence-electron chi connectivity index (χ3n) is 1.71. The van der Waals surface area contributed by atoms with Gasteiger partial charge in [0, 0.05) is 7.05 Å². The first-order valence-corrected chi connectivity index (χ1v) is 4.05. The second-order valence-corrected chi connectivity index (χ2v) is 2.68. The van der Waals surface area contributed by atoms with Gasteiger partial charge in [-0.25, -0.2) is 0 Å². The average Bonchev–Trinajstić information content (AvgIpc) is 2.03. The summed E-state index contributed by atoms with van der Waals surface area (Å²) in [6.45, 7) is 1.71. The Morgan fingerprint density at radius 3 is 2.23 bits per heavy atom. The summed E-state index contributed by atoms with van der Waals surface area (Å²) in [5.74, 6) is -2.24. The molecule has 0 aliphatic heterocycles. The summed E-state index contributed by atoms with van der Waals surface area (Å²) < 4.78 is 0. The molecule has 0 fully saturated rings. The zero-order valence-corrected chi connectivity index (χ0v) is 7.79. The fourth-order valence-electron chi connectivity index (χ4n) is 1.03. The van der Waals surface area contributed by atoms with Gasteiger partial charge in [0.05, 0.1) is 12.3 Å². The molecule has 0 spiro atoms. The number of primary amides is 1. The van der Waals surface area contributed by atoms with Crippen LogP contribution in [0.5, 0.6) is 0 Å². The molecule has 0 aromatic rings. The monoisotopic (exact) mass is 186 g/mol. The van der Waals surface area contributed by atoms with Gasteiger partial charge in [0.25, 0.3) is 0 Å². The molecular weight excluding hydrogens is 172 g/mol. The Labute approximate surface area is 76.7 Å². The molecule has 1 unspecified atom stereocenters. The molecule has 0 aromatic heterocycles. The molecule has 5 heteroatoms. The van der Waals surface area contributed by atoms with Crippen LogP contribution in [-0.4, -0.2) is 24.6 Å². The summed E-state index contributed by atoms with van der Waals surface area (Å²) in [5, 5.41) is 2.36. The standard InChI is InChI=1S/C8H14N2O3/c1-3-5(8(13)10-2)6(11)4-7(9)12/h5H,3-4H2,1-2H3,(H2,9,12)(H,10,13). The topological polar surface area (TPSA) is 89.3 Å². The van der Waals surface area contributed by atoms with E-state index >= 15 is 0 Å². The van der Waals surface area contributed by atoms with Crippen molar-refractivity contribution < 1.29 is 14.4 Å². The summed E-state index contributed by atoms with van der Waals surface area (Å²) >= 11 is 0. The van der Waals surface area contributed by atoms with Gasteiger partial charge in [-0.05, 0) is 6.42 Å². The smallest absolute Gasteiger partial charge is 0.230 e. The highest BCUT2D eigenvalue weighted by atomic mass is 16.2. The van der Waals surface area contributed by atoms with Crippen LogP contribution in [0.1, 0.15) is 19.8 Å². The number of Topliss-reactive ketones (excluding diaryl/α,β-unsaturated/α-hetero) is 1. The van der Waals surface area contributed by atoms with E-state index in [0.717, 1.165) is 0 Å². The normalized spacial score (nSPS) is 11.8. The first-order chi connectivity index (χ1) is 6.02. The third-order valence-corrected chi connectivity index (χ3v) is 1.71. The van der Waals surface area contributed by atoms with Crippen molar-refractivity contribution in [3.05, 3.63) is 0 Å². The number of nitrogens with one attached hydrogen (secondary N) is 1. The molecule has 0 radical (unpaired) electrons. The summed E-state index contributed by atoms with van der Waals surface area (Å²) in [6, 6.07) is 0. The van der Waals surface area contributed by atoms with E-state index in [0.29, 0.717) is 6.42 Å². The van der Waals surface area contributed by atoms with E-state index in [-0.39, 0.29) is 12.3 Å². The van der Waals surface area contributed by atoms with Gasteiger partial charge in [0.15, 0.2) is 5.78 Å². The number of nitrogens with two attached hydrogens (primary N) is 1. The summed E-state index contributed by atoms with van der Waals surface area (Å²) in [5.41, 5.74) is 4.84. The maximum absolute atomic E-state index is 11.2. The Morgan fingerprint density at radius 1 is 1.38 bits per heavy atom. The van der Waals surface area contributed by atoms with E-state index < -0.39 is 17.6 Å². The van der Waals surface area contributed by atoms with Gasteiger partial charge in [-0.1, -0.05) is 6.92 Å². The van der Waals surface area contributed by atoms with Crippen LogP contribution in [0.15, 0.2) is 0 Å². The molecule has 3 N–H and O–H groups in total. The summed E-state index contributed by atoms with van der Waals surface area (Å²) in [7, 11) is 1.45. The average molecular weight is 186 g/mol. The molecule has 2 amide bonds. The third kappa shape index (κ3) is 3.68. The predicted molar refractivity (Wildman–Crippen MR) is 46.7 cm³/mol. The van der Waals surface area contributed by atoms with E-state index in [9.17, 15) is 14.4 Å². The van der Waals surface area contributed by atoms with Gasteiger partial charge in [-0.2, -0.15) is 0 Å². The Morgan fingerprint density at radius 2 is 1.92 bits per heavy atom. The lowest BCUT2D eigenvalue weighted by atomic mass is 9.98. The van der Waals surface area contributed by atoms with Crippen LogP contribution in [0, 0.1) is 5.92 Å². The van der Waals surface area contributed by atoms with E-state index in [1.54, 1.807) is 6.92 Å². The zero-order chi connectivity index (χ0) is 10.4. The fraction of sp³-hybridized carbons (Fsp3) is 0.625. The van der Waals surface area contributed by atoms with Crippen molar-refractivity contribution in [1.82, 2.24) is 5.32 Å². The van der Waals surface area contributed by atoms with Crippen LogP contribution in [-0.2, 0) is 14.4 Å². The number of rotatable bonds is 5. The SMILES string of the molecule is CCC(C(=O)CC(N)=O)C(=O)NC. The molecule has 0 aliphatic rings. The lowest BCUT2D eigenvalue weighted by Gasteiger charge is -2.10. The molecule has 0 saturated heterocycles. The highest BCUT2D eigenvalue weighted by Crippen LogP contribution is 2.06. The number of carbonyl (C=O) groups excluding carboxylic acids is 3. The summed E-state index contributed by atoms with van der Waals surface area (Å²) in [4.78, 5) is 32.7. The quantitative estimate of drug-likeness (QED) is 0.551. The molecule has 13 heavy (non-hydrogen) atoms. The Bertz CT molecular complexity index is 225. The fourth-order valence-corrected chi connectivity index (χ4v) is 1.03. The van der Waals surface area contributed by atoms with Gasteiger partial charge < -0.3 is 11.1 Å². The van der Waals surface area contributed by atoms with Crippen LogP contribution in [0.4, 0.5) is 0 Å². The number of hydrogen-bond donors (Lipinski definition) is 2. The maximum Gasteiger partial charge on any atom is 0.230 e. The van der Waals surface area contributed by atoms with Crippen LogP contribution < -0.4 is 11.1 Å². The lowest BCUT2D eigenvalue weighted by Crippen LogP contribution is -2.34. The van der Waals surface area contributed by atoms with Gasteiger partial charge >= 0.3 is 0 Å². The van der Waals surface area contributed by atoms with Crippen molar-refractivity contribution in [2.75, 3.05) is 7.05 Å². The molecule has 0 saturated carbocycles. The minimum absolute atomic E-state index is 0.367. The maximum atomic E-state index is 11.2. The first-order valence-electron chi connectivity index (χ1n) is 4.05. The molecule has 0 aromatic carbocycles. The Kier molecular flexibility index (Phi) is 4.72. The zero-order valence-electron chi connectivity index (χ0n) is 7.79. The summed E-state index contributed by atoms with van der Waals surface area (Å²) in [6.07, 6.45) is 0.0116. The van der Waals surface area contributed by atoms with Crippen molar-refractivity contribution in [2.24, 2.45) is 11.7 Å².